The fourth-order valence-corrected chi connectivity index (χ4v) is 0.946. The van der Waals surface area contributed by atoms with E-state index in [-0.39, 0.29) is 6.42 Å². The Hall–Kier alpha value is -1.40. The van der Waals surface area contributed by atoms with E-state index in [4.69, 9.17) is 5.11 Å². The van der Waals surface area contributed by atoms with Crippen molar-refractivity contribution in [3.05, 3.63) is 18.2 Å². The molecule has 1 saturated heterocycles. The Bertz CT molecular complexity index is 291. The van der Waals surface area contributed by atoms with Gasteiger partial charge in [-0.25, -0.2) is 9.78 Å². The maximum absolute atomic E-state index is 10.6. The van der Waals surface area contributed by atoms with Crippen LogP contribution < -0.4 is 5.48 Å². The molecule has 1 fully saturated rings. The molecule has 64 valence electrons. The molecular weight excluding hydrogens is 162 g/mol. The molecule has 2 rings (SSSR count). The number of H-pyrrole nitrogens is 1. The summed E-state index contributed by atoms with van der Waals surface area (Å²) in [5, 5.41) is 8.68. The summed E-state index contributed by atoms with van der Waals surface area (Å²) < 4.78 is 0. The van der Waals surface area contributed by atoms with Crippen molar-refractivity contribution in [1.29, 1.82) is 0 Å². The third kappa shape index (κ3) is 1.06. The second-order valence-corrected chi connectivity index (χ2v) is 2.59. The molecule has 0 aromatic carbocycles. The molecule has 1 aliphatic heterocycles. The molecule has 0 aliphatic carbocycles. The Balaban J connectivity index is 2.09. The minimum Gasteiger partial charge on any atom is -0.478 e. The SMILES string of the molecule is O=C(O)[C@]1(Cc2cnc[nH]2)NO1. The number of aromatic nitrogens is 2. The molecule has 12 heavy (non-hydrogen) atoms. The number of nitrogens with one attached hydrogen (secondary N) is 2. The highest BCUT2D eigenvalue weighted by molar-refractivity contribution is 5.79. The van der Waals surface area contributed by atoms with E-state index in [0.717, 1.165) is 5.69 Å². The summed E-state index contributed by atoms with van der Waals surface area (Å²) in [4.78, 5) is 21.8. The van der Waals surface area contributed by atoms with Crippen LogP contribution in [0.1, 0.15) is 5.69 Å². The first-order chi connectivity index (χ1) is 5.73. The van der Waals surface area contributed by atoms with Crippen LogP contribution in [0.4, 0.5) is 0 Å². The molecule has 1 atom stereocenters. The Kier molecular flexibility index (Phi) is 1.39. The molecule has 1 aromatic heterocycles. The van der Waals surface area contributed by atoms with Crippen molar-refractivity contribution in [3.63, 3.8) is 0 Å². The first-order valence-electron chi connectivity index (χ1n) is 3.39. The van der Waals surface area contributed by atoms with Gasteiger partial charge in [0.15, 0.2) is 0 Å². The normalized spacial score (nSPS) is 27.0. The molecule has 0 saturated carbocycles. The van der Waals surface area contributed by atoms with Gasteiger partial charge < -0.3 is 10.1 Å². The number of imidazole rings is 1. The topological polar surface area (TPSA) is 100 Å². The van der Waals surface area contributed by atoms with Gasteiger partial charge in [-0.1, -0.05) is 0 Å². The lowest BCUT2D eigenvalue weighted by Crippen LogP contribution is -2.29. The van der Waals surface area contributed by atoms with Crippen LogP contribution in [0.2, 0.25) is 0 Å². The van der Waals surface area contributed by atoms with E-state index in [0.29, 0.717) is 0 Å². The number of rotatable bonds is 3. The molecular formula is C6H7N3O3. The lowest BCUT2D eigenvalue weighted by atomic mass is 10.1. The fraction of sp³-hybridized carbons (Fsp3) is 0.333. The van der Waals surface area contributed by atoms with Crippen LogP contribution in [0.5, 0.6) is 0 Å². The lowest BCUT2D eigenvalue weighted by molar-refractivity contribution is -0.143. The zero-order valence-corrected chi connectivity index (χ0v) is 6.07. The maximum Gasteiger partial charge on any atom is 0.355 e. The van der Waals surface area contributed by atoms with E-state index >= 15 is 0 Å². The van der Waals surface area contributed by atoms with Gasteiger partial charge in [0.05, 0.1) is 6.33 Å². The van der Waals surface area contributed by atoms with E-state index < -0.39 is 11.7 Å². The van der Waals surface area contributed by atoms with Crippen LogP contribution in [0, 0.1) is 0 Å². The Labute approximate surface area is 67.5 Å². The number of carbonyl (C=O) groups is 1. The third-order valence-corrected chi connectivity index (χ3v) is 1.69. The summed E-state index contributed by atoms with van der Waals surface area (Å²) in [6, 6.07) is 0. The van der Waals surface area contributed by atoms with Crippen molar-refractivity contribution < 1.29 is 14.7 Å². The van der Waals surface area contributed by atoms with Crippen LogP contribution in [0.25, 0.3) is 0 Å². The Morgan fingerprint density at radius 1 is 1.83 bits per heavy atom. The summed E-state index contributed by atoms with van der Waals surface area (Å²) in [7, 11) is 0. The van der Waals surface area contributed by atoms with Crippen molar-refractivity contribution >= 4 is 5.97 Å². The summed E-state index contributed by atoms with van der Waals surface area (Å²) in [5.74, 6) is -1.02. The zero-order chi connectivity index (χ0) is 8.60. The third-order valence-electron chi connectivity index (χ3n) is 1.69. The first kappa shape index (κ1) is 7.26. The Morgan fingerprint density at radius 3 is 3.00 bits per heavy atom. The predicted molar refractivity (Wildman–Crippen MR) is 36.9 cm³/mol. The van der Waals surface area contributed by atoms with Crippen LogP contribution in [-0.4, -0.2) is 26.8 Å². The number of hydroxylamine groups is 1. The van der Waals surface area contributed by atoms with Gasteiger partial charge in [0.2, 0.25) is 0 Å². The van der Waals surface area contributed by atoms with E-state index in [1.54, 1.807) is 6.20 Å². The van der Waals surface area contributed by atoms with E-state index in [1.165, 1.54) is 6.33 Å². The lowest BCUT2D eigenvalue weighted by Gasteiger charge is -1.99. The molecule has 6 nitrogen and oxygen atoms in total. The molecule has 0 bridgehead atoms. The molecule has 0 radical (unpaired) electrons. The average molecular weight is 169 g/mol. The second-order valence-electron chi connectivity index (χ2n) is 2.59. The molecule has 0 spiro atoms. The van der Waals surface area contributed by atoms with E-state index in [2.05, 4.69) is 20.3 Å². The van der Waals surface area contributed by atoms with Gasteiger partial charge in [-0.05, 0) is 0 Å². The number of aromatic amines is 1. The molecule has 2 heterocycles. The van der Waals surface area contributed by atoms with Gasteiger partial charge in [0.25, 0.3) is 5.72 Å². The summed E-state index contributed by atoms with van der Waals surface area (Å²) in [6.45, 7) is 0. The highest BCUT2D eigenvalue weighted by Gasteiger charge is 2.53. The van der Waals surface area contributed by atoms with Crippen molar-refractivity contribution in [2.24, 2.45) is 0 Å². The molecule has 1 aromatic rings. The van der Waals surface area contributed by atoms with Gasteiger partial charge in [-0.15, -0.1) is 0 Å². The number of carboxylic acid groups (broad SMARTS) is 1. The van der Waals surface area contributed by atoms with Crippen LogP contribution in [0.3, 0.4) is 0 Å². The number of aliphatic carboxylic acids is 1. The van der Waals surface area contributed by atoms with Crippen molar-refractivity contribution in [1.82, 2.24) is 15.4 Å². The maximum atomic E-state index is 10.6. The molecule has 6 heteroatoms. The number of nitrogens with zero attached hydrogens (tertiary/aromatic N) is 1. The number of carboxylic acids is 1. The quantitative estimate of drug-likeness (QED) is 0.518. The van der Waals surface area contributed by atoms with Gasteiger partial charge in [-0.3, -0.25) is 4.84 Å². The van der Waals surface area contributed by atoms with Crippen molar-refractivity contribution in [2.75, 3.05) is 0 Å². The number of hydrogen-bond acceptors (Lipinski definition) is 4. The van der Waals surface area contributed by atoms with Gasteiger partial charge in [0, 0.05) is 18.3 Å². The average Bonchev–Trinajstić information content (AvgIpc) is 2.60. The predicted octanol–water partition coefficient (Wildman–Crippen LogP) is -0.732. The van der Waals surface area contributed by atoms with Gasteiger partial charge >= 0.3 is 5.97 Å². The van der Waals surface area contributed by atoms with Crippen LogP contribution in [-0.2, 0) is 16.1 Å². The smallest absolute Gasteiger partial charge is 0.355 e. The molecule has 0 amide bonds. The molecule has 1 aliphatic rings. The number of hydrogen-bond donors (Lipinski definition) is 3. The summed E-state index contributed by atoms with van der Waals surface area (Å²) in [5.41, 5.74) is 1.83. The standard InChI is InChI=1S/C6H7N3O3/c10-5(11)6(9-12-6)1-4-2-7-3-8-4/h2-3,9H,1H2,(H,7,8)(H,10,11)/t6-/m1/s1. The molecule has 3 N–H and O–H groups in total. The van der Waals surface area contributed by atoms with E-state index in [1.807, 2.05) is 0 Å². The van der Waals surface area contributed by atoms with Gasteiger partial charge in [0.1, 0.15) is 0 Å². The highest BCUT2D eigenvalue weighted by atomic mass is 16.8. The second kappa shape index (κ2) is 2.29. The van der Waals surface area contributed by atoms with Crippen LogP contribution >= 0.6 is 0 Å². The minimum absolute atomic E-state index is 0.252. The van der Waals surface area contributed by atoms with Crippen molar-refractivity contribution in [2.45, 2.75) is 12.1 Å². The fourth-order valence-electron chi connectivity index (χ4n) is 0.946. The van der Waals surface area contributed by atoms with Crippen LogP contribution in [0.15, 0.2) is 12.5 Å². The highest BCUT2D eigenvalue weighted by Crippen LogP contribution is 2.23. The zero-order valence-electron chi connectivity index (χ0n) is 6.07. The van der Waals surface area contributed by atoms with E-state index in [9.17, 15) is 4.79 Å². The minimum atomic E-state index is -1.23. The first-order valence-corrected chi connectivity index (χ1v) is 3.39. The summed E-state index contributed by atoms with van der Waals surface area (Å²) >= 11 is 0. The monoisotopic (exact) mass is 169 g/mol. The Morgan fingerprint density at radius 2 is 2.58 bits per heavy atom. The van der Waals surface area contributed by atoms with Gasteiger partial charge in [-0.2, -0.15) is 5.48 Å². The van der Waals surface area contributed by atoms with Crippen molar-refractivity contribution in [3.8, 4) is 0 Å². The summed E-state index contributed by atoms with van der Waals surface area (Å²) in [6.07, 6.45) is 3.31. The molecule has 0 unspecified atom stereocenters. The largest absolute Gasteiger partial charge is 0.478 e.